The average molecular weight is 496 g/mol. The summed E-state index contributed by atoms with van der Waals surface area (Å²) in [5.41, 5.74) is 4.95. The fourth-order valence-corrected chi connectivity index (χ4v) is 5.32. The minimum atomic E-state index is -0.427. The molecule has 2 aliphatic rings. The molecule has 5 nitrogen and oxygen atoms in total. The lowest BCUT2D eigenvalue weighted by Gasteiger charge is -2.31. The van der Waals surface area contributed by atoms with Crippen LogP contribution in [0.4, 0.5) is 0 Å². The highest BCUT2D eigenvalue weighted by atomic mass is 16.5. The molecule has 2 N–H and O–H groups in total. The fraction of sp³-hybridized carbons (Fsp3) is 0.312. The van der Waals surface area contributed by atoms with Crippen LogP contribution in [0.15, 0.2) is 60.7 Å². The zero-order valence-corrected chi connectivity index (χ0v) is 21.6. The number of phenols is 2. The van der Waals surface area contributed by atoms with Crippen LogP contribution in [0.1, 0.15) is 55.5 Å². The molecule has 1 unspecified atom stereocenters. The lowest BCUT2D eigenvalue weighted by atomic mass is 9.85. The van der Waals surface area contributed by atoms with Crippen molar-refractivity contribution in [3.63, 3.8) is 0 Å². The molecule has 3 aromatic rings. The number of ether oxygens (including phenoxy) is 2. The molecular weight excluding hydrogens is 462 g/mol. The number of aromatic hydroxyl groups is 2. The van der Waals surface area contributed by atoms with E-state index in [1.54, 1.807) is 30.3 Å². The van der Waals surface area contributed by atoms with Gasteiger partial charge in [0.25, 0.3) is 0 Å². The Morgan fingerprint density at radius 3 is 2.57 bits per heavy atom. The SMILES string of the molecule is C#Cc1cc(O)cc(C2=C(C)c3cc(O)ccc3OC2c2ccc(OC[C@H](C)N3CC[C@@H](C)C3)cc2)c1. The van der Waals surface area contributed by atoms with E-state index in [4.69, 9.17) is 15.9 Å². The molecule has 0 radical (unpaired) electrons. The number of nitrogens with zero attached hydrogens (tertiary/aromatic N) is 1. The highest BCUT2D eigenvalue weighted by molar-refractivity contribution is 5.96. The average Bonchev–Trinajstić information content (AvgIpc) is 3.33. The van der Waals surface area contributed by atoms with Crippen molar-refractivity contribution in [2.45, 2.75) is 39.3 Å². The molecule has 1 fully saturated rings. The molecule has 5 rings (SSSR count). The van der Waals surface area contributed by atoms with Gasteiger partial charge in [0, 0.05) is 29.3 Å². The first kappa shape index (κ1) is 24.8. The summed E-state index contributed by atoms with van der Waals surface area (Å²) in [6.45, 7) is 9.43. The zero-order chi connectivity index (χ0) is 26.1. The van der Waals surface area contributed by atoms with Crippen molar-refractivity contribution in [3.8, 4) is 35.3 Å². The predicted octanol–water partition coefficient (Wildman–Crippen LogP) is 6.25. The summed E-state index contributed by atoms with van der Waals surface area (Å²) in [4.78, 5) is 2.49. The first-order valence-electron chi connectivity index (χ1n) is 12.8. The highest BCUT2D eigenvalue weighted by Crippen LogP contribution is 2.48. The molecule has 3 aromatic carbocycles. The Hall–Kier alpha value is -3.88. The van der Waals surface area contributed by atoms with Crippen molar-refractivity contribution in [2.75, 3.05) is 19.7 Å². The maximum atomic E-state index is 10.4. The largest absolute Gasteiger partial charge is 0.508 e. The van der Waals surface area contributed by atoms with Crippen LogP contribution in [0.2, 0.25) is 0 Å². The van der Waals surface area contributed by atoms with Crippen LogP contribution >= 0.6 is 0 Å². The van der Waals surface area contributed by atoms with Crippen LogP contribution in [0.25, 0.3) is 11.1 Å². The van der Waals surface area contributed by atoms with E-state index in [0.29, 0.717) is 24.0 Å². The number of likely N-dealkylation sites (tertiary alicyclic amines) is 1. The van der Waals surface area contributed by atoms with E-state index in [-0.39, 0.29) is 11.5 Å². The number of allylic oxidation sites excluding steroid dienone is 1. The number of rotatable bonds is 6. The van der Waals surface area contributed by atoms with Gasteiger partial charge in [0.2, 0.25) is 0 Å². The minimum Gasteiger partial charge on any atom is -0.508 e. The van der Waals surface area contributed by atoms with Gasteiger partial charge in [-0.05, 0) is 98.0 Å². The third kappa shape index (κ3) is 5.16. The smallest absolute Gasteiger partial charge is 0.150 e. The lowest BCUT2D eigenvalue weighted by Crippen LogP contribution is -2.35. The number of hydrogen-bond donors (Lipinski definition) is 2. The van der Waals surface area contributed by atoms with E-state index < -0.39 is 6.10 Å². The van der Waals surface area contributed by atoms with Crippen LogP contribution in [-0.4, -0.2) is 40.9 Å². The van der Waals surface area contributed by atoms with E-state index in [9.17, 15) is 10.2 Å². The summed E-state index contributed by atoms with van der Waals surface area (Å²) in [6.07, 6.45) is 6.47. The van der Waals surface area contributed by atoms with Crippen LogP contribution in [-0.2, 0) is 0 Å². The summed E-state index contributed by atoms with van der Waals surface area (Å²) < 4.78 is 12.6. The molecule has 0 aliphatic carbocycles. The standard InChI is InChI=1S/C32H33NO4/c1-5-23-14-25(16-27(35)15-23)31-22(4)29-17-26(34)8-11-30(29)37-32(31)24-6-9-28(10-7-24)36-19-21(3)33-13-12-20(2)18-33/h1,6-11,14-17,20-21,32,34-35H,12-13,18-19H2,2-4H3/t20-,21+,32?/m1/s1. The van der Waals surface area contributed by atoms with E-state index in [1.165, 1.54) is 6.42 Å². The quantitative estimate of drug-likeness (QED) is 0.396. The maximum Gasteiger partial charge on any atom is 0.150 e. The second kappa shape index (κ2) is 10.2. The molecule has 3 atom stereocenters. The van der Waals surface area contributed by atoms with Crippen molar-refractivity contribution in [2.24, 2.45) is 5.92 Å². The van der Waals surface area contributed by atoms with Crippen molar-refractivity contribution in [1.29, 1.82) is 0 Å². The van der Waals surface area contributed by atoms with Crippen molar-refractivity contribution in [3.05, 3.63) is 82.9 Å². The van der Waals surface area contributed by atoms with E-state index in [1.807, 2.05) is 37.3 Å². The molecule has 2 aliphatic heterocycles. The number of fused-ring (bicyclic) bond motifs is 1. The van der Waals surface area contributed by atoms with E-state index in [2.05, 4.69) is 24.7 Å². The molecule has 0 saturated carbocycles. The molecule has 2 heterocycles. The second-order valence-corrected chi connectivity index (χ2v) is 10.2. The topological polar surface area (TPSA) is 62.2 Å². The molecule has 0 aromatic heterocycles. The van der Waals surface area contributed by atoms with Gasteiger partial charge < -0.3 is 19.7 Å². The lowest BCUT2D eigenvalue weighted by molar-refractivity contribution is 0.169. The molecule has 5 heteroatoms. The molecule has 1 saturated heterocycles. The van der Waals surface area contributed by atoms with Gasteiger partial charge in [0.05, 0.1) is 0 Å². The van der Waals surface area contributed by atoms with Crippen LogP contribution in [0.3, 0.4) is 0 Å². The minimum absolute atomic E-state index is 0.0940. The van der Waals surface area contributed by atoms with E-state index in [0.717, 1.165) is 52.6 Å². The molecule has 0 amide bonds. The van der Waals surface area contributed by atoms with Crippen LogP contribution < -0.4 is 9.47 Å². The monoisotopic (exact) mass is 495 g/mol. The fourth-order valence-electron chi connectivity index (χ4n) is 5.32. The number of hydrogen-bond acceptors (Lipinski definition) is 5. The molecule has 190 valence electrons. The van der Waals surface area contributed by atoms with Gasteiger partial charge >= 0.3 is 0 Å². The third-order valence-electron chi connectivity index (χ3n) is 7.43. The summed E-state index contributed by atoms with van der Waals surface area (Å²) in [7, 11) is 0. The number of benzene rings is 3. The third-order valence-corrected chi connectivity index (χ3v) is 7.43. The Kier molecular flexibility index (Phi) is 6.86. The maximum absolute atomic E-state index is 10.4. The van der Waals surface area contributed by atoms with Gasteiger partial charge in [0.15, 0.2) is 0 Å². The van der Waals surface area contributed by atoms with Crippen molar-refractivity contribution < 1.29 is 19.7 Å². The summed E-state index contributed by atoms with van der Waals surface area (Å²) in [5.74, 6) is 5.13. The zero-order valence-electron chi connectivity index (χ0n) is 21.6. The number of terminal acetylenes is 1. The first-order valence-corrected chi connectivity index (χ1v) is 12.8. The Morgan fingerprint density at radius 2 is 1.86 bits per heavy atom. The summed E-state index contributed by atoms with van der Waals surface area (Å²) in [5, 5.41) is 20.5. The van der Waals surface area contributed by atoms with Gasteiger partial charge in [-0.1, -0.05) is 25.0 Å². The van der Waals surface area contributed by atoms with Gasteiger partial charge in [-0.3, -0.25) is 4.90 Å². The Balaban J connectivity index is 1.44. The summed E-state index contributed by atoms with van der Waals surface area (Å²) >= 11 is 0. The molecular formula is C32H33NO4. The van der Waals surface area contributed by atoms with Gasteiger partial charge in [-0.15, -0.1) is 6.42 Å². The molecule has 0 spiro atoms. The first-order chi connectivity index (χ1) is 17.8. The Bertz CT molecular complexity index is 1370. The van der Waals surface area contributed by atoms with Crippen LogP contribution in [0, 0.1) is 18.3 Å². The van der Waals surface area contributed by atoms with Gasteiger partial charge in [0.1, 0.15) is 35.7 Å². The summed E-state index contributed by atoms with van der Waals surface area (Å²) in [6, 6.07) is 18.6. The van der Waals surface area contributed by atoms with Gasteiger partial charge in [-0.2, -0.15) is 0 Å². The van der Waals surface area contributed by atoms with Crippen LogP contribution in [0.5, 0.6) is 23.0 Å². The molecule has 37 heavy (non-hydrogen) atoms. The van der Waals surface area contributed by atoms with Crippen molar-refractivity contribution >= 4 is 11.1 Å². The highest BCUT2D eigenvalue weighted by Gasteiger charge is 2.30. The second-order valence-electron chi connectivity index (χ2n) is 10.2. The number of phenolic OH excluding ortho intramolecular Hbond substituents is 2. The van der Waals surface area contributed by atoms with E-state index >= 15 is 0 Å². The Morgan fingerprint density at radius 1 is 1.08 bits per heavy atom. The van der Waals surface area contributed by atoms with Crippen molar-refractivity contribution in [1.82, 2.24) is 4.90 Å². The Labute approximate surface area is 219 Å². The predicted molar refractivity (Wildman–Crippen MR) is 147 cm³/mol. The normalized spacial score (nSPS) is 20.2. The van der Waals surface area contributed by atoms with Gasteiger partial charge in [-0.25, -0.2) is 0 Å². The molecule has 0 bridgehead atoms.